The number of aromatic carboxylic acids is 1. The Labute approximate surface area is 215 Å². The molecule has 190 valence electrons. The van der Waals surface area contributed by atoms with E-state index >= 15 is 0 Å². The highest BCUT2D eigenvalue weighted by Crippen LogP contribution is 2.25. The molecule has 8 nitrogen and oxygen atoms in total. The van der Waals surface area contributed by atoms with Crippen molar-refractivity contribution in [3.05, 3.63) is 75.2 Å². The lowest BCUT2D eigenvalue weighted by atomic mass is 10.0. The van der Waals surface area contributed by atoms with Gasteiger partial charge in [0.2, 0.25) is 0 Å². The summed E-state index contributed by atoms with van der Waals surface area (Å²) in [7, 11) is 0. The number of carboxylic acid groups (broad SMARTS) is 1. The van der Waals surface area contributed by atoms with Crippen molar-refractivity contribution < 1.29 is 14.6 Å². The minimum Gasteiger partial charge on any atom is -0.478 e. The van der Waals surface area contributed by atoms with Crippen LogP contribution in [0.4, 0.5) is 0 Å². The second kappa shape index (κ2) is 11.1. The summed E-state index contributed by atoms with van der Waals surface area (Å²) in [6.07, 6.45) is 0. The first-order chi connectivity index (χ1) is 17.5. The first-order valence-corrected chi connectivity index (χ1v) is 12.8. The third-order valence-corrected chi connectivity index (χ3v) is 7.41. The van der Waals surface area contributed by atoms with E-state index in [-0.39, 0.29) is 11.1 Å². The topological polar surface area (TPSA) is 78.2 Å². The van der Waals surface area contributed by atoms with Gasteiger partial charge in [-0.2, -0.15) is 0 Å². The van der Waals surface area contributed by atoms with E-state index in [4.69, 9.17) is 16.3 Å². The maximum absolute atomic E-state index is 13.6. The predicted octanol–water partition coefficient (Wildman–Crippen LogP) is 2.79. The molecule has 0 unspecified atom stereocenters. The number of morpholine rings is 1. The molecule has 2 aromatic carbocycles. The van der Waals surface area contributed by atoms with Crippen LogP contribution in [0.5, 0.6) is 0 Å². The van der Waals surface area contributed by atoms with Gasteiger partial charge in [-0.3, -0.25) is 24.1 Å². The van der Waals surface area contributed by atoms with E-state index < -0.39 is 5.97 Å². The molecule has 5 rings (SSSR count). The van der Waals surface area contributed by atoms with Gasteiger partial charge in [-0.25, -0.2) is 4.79 Å². The molecular weight excluding hydrogens is 480 g/mol. The lowest BCUT2D eigenvalue weighted by Gasteiger charge is -2.36. The average Bonchev–Trinajstić information content (AvgIpc) is 2.90. The van der Waals surface area contributed by atoms with Crippen molar-refractivity contribution in [2.24, 2.45) is 0 Å². The standard InChI is InChI=1S/C27H31ClN4O4/c28-20-5-7-21(8-6-20)32-24(25(27(34)35)22-3-1-2-4-23(22)26(32)33)19-31-13-11-29(12-14-31)9-10-30-15-17-36-18-16-30/h1-8H,9-19H2,(H,34,35). The number of hydrogen-bond donors (Lipinski definition) is 1. The molecule has 1 N–H and O–H groups in total. The van der Waals surface area contributed by atoms with Crippen LogP contribution in [0.3, 0.4) is 0 Å². The Hall–Kier alpha value is -2.75. The molecule has 2 saturated heterocycles. The van der Waals surface area contributed by atoms with Gasteiger partial charge in [-0.1, -0.05) is 29.8 Å². The van der Waals surface area contributed by atoms with Crippen molar-refractivity contribution in [1.82, 2.24) is 19.3 Å². The third-order valence-electron chi connectivity index (χ3n) is 7.16. The van der Waals surface area contributed by atoms with Crippen molar-refractivity contribution in [1.29, 1.82) is 0 Å². The van der Waals surface area contributed by atoms with Crippen LogP contribution in [0.25, 0.3) is 16.5 Å². The average molecular weight is 511 g/mol. The van der Waals surface area contributed by atoms with Gasteiger partial charge in [-0.15, -0.1) is 0 Å². The number of halogens is 1. The number of hydrogen-bond acceptors (Lipinski definition) is 6. The molecule has 0 radical (unpaired) electrons. The minimum atomic E-state index is -1.03. The number of carboxylic acids is 1. The number of ether oxygens (including phenoxy) is 1. The largest absolute Gasteiger partial charge is 0.478 e. The molecule has 2 aliphatic heterocycles. The molecule has 0 aliphatic carbocycles. The molecule has 2 fully saturated rings. The number of piperazine rings is 1. The highest BCUT2D eigenvalue weighted by molar-refractivity contribution is 6.30. The molecule has 1 aromatic heterocycles. The molecule has 3 heterocycles. The van der Waals surface area contributed by atoms with Gasteiger partial charge in [0.05, 0.1) is 24.5 Å². The van der Waals surface area contributed by atoms with Crippen LogP contribution in [-0.2, 0) is 11.3 Å². The van der Waals surface area contributed by atoms with Crippen LogP contribution in [0, 0.1) is 0 Å². The molecule has 2 aliphatic rings. The highest BCUT2D eigenvalue weighted by atomic mass is 35.5. The zero-order valence-corrected chi connectivity index (χ0v) is 21.0. The fraction of sp³-hybridized carbons (Fsp3) is 0.407. The normalized spacial score (nSPS) is 18.0. The quantitative estimate of drug-likeness (QED) is 0.523. The summed E-state index contributed by atoms with van der Waals surface area (Å²) < 4.78 is 6.99. The van der Waals surface area contributed by atoms with Crippen LogP contribution < -0.4 is 5.56 Å². The van der Waals surface area contributed by atoms with Gasteiger partial charge < -0.3 is 9.84 Å². The summed E-state index contributed by atoms with van der Waals surface area (Å²) in [5.41, 5.74) is 1.05. The van der Waals surface area contributed by atoms with Gasteiger partial charge in [0, 0.05) is 80.4 Å². The number of aromatic nitrogens is 1. The van der Waals surface area contributed by atoms with Crippen molar-refractivity contribution in [3.63, 3.8) is 0 Å². The van der Waals surface area contributed by atoms with Crippen molar-refractivity contribution >= 4 is 28.3 Å². The van der Waals surface area contributed by atoms with Gasteiger partial charge in [0.1, 0.15) is 0 Å². The van der Waals surface area contributed by atoms with E-state index in [1.54, 1.807) is 53.1 Å². The molecule has 0 amide bonds. The smallest absolute Gasteiger partial charge is 0.338 e. The van der Waals surface area contributed by atoms with E-state index in [9.17, 15) is 14.7 Å². The number of fused-ring (bicyclic) bond motifs is 1. The van der Waals surface area contributed by atoms with E-state index in [2.05, 4.69) is 14.7 Å². The van der Waals surface area contributed by atoms with Crippen molar-refractivity contribution in [2.45, 2.75) is 6.54 Å². The van der Waals surface area contributed by atoms with Crippen LogP contribution in [0.15, 0.2) is 53.3 Å². The SMILES string of the molecule is O=C(O)c1c(CN2CCN(CCN3CCOCC3)CC2)n(-c2ccc(Cl)cc2)c(=O)c2ccccc12. The highest BCUT2D eigenvalue weighted by Gasteiger charge is 2.26. The first kappa shape index (κ1) is 24.9. The van der Waals surface area contributed by atoms with Gasteiger partial charge in [-0.05, 0) is 30.3 Å². The Morgan fingerprint density at radius 1 is 0.833 bits per heavy atom. The molecule has 9 heteroatoms. The monoisotopic (exact) mass is 510 g/mol. The maximum atomic E-state index is 13.6. The number of nitrogens with zero attached hydrogens (tertiary/aromatic N) is 4. The van der Waals surface area contributed by atoms with Crippen LogP contribution in [0.1, 0.15) is 16.1 Å². The summed E-state index contributed by atoms with van der Waals surface area (Å²) in [6, 6.07) is 13.9. The third kappa shape index (κ3) is 5.33. The molecule has 36 heavy (non-hydrogen) atoms. The Morgan fingerprint density at radius 2 is 1.42 bits per heavy atom. The summed E-state index contributed by atoms with van der Waals surface area (Å²) in [6.45, 7) is 9.45. The Bertz CT molecular complexity index is 1280. The summed E-state index contributed by atoms with van der Waals surface area (Å²) in [5, 5.41) is 11.7. The Kier molecular flexibility index (Phi) is 7.69. The van der Waals surface area contributed by atoms with E-state index in [0.29, 0.717) is 33.7 Å². The second-order valence-electron chi connectivity index (χ2n) is 9.36. The van der Waals surface area contributed by atoms with Gasteiger partial charge in [0.25, 0.3) is 5.56 Å². The number of benzene rings is 2. The van der Waals surface area contributed by atoms with Crippen molar-refractivity contribution in [3.8, 4) is 5.69 Å². The molecule has 3 aromatic rings. The lowest BCUT2D eigenvalue weighted by Crippen LogP contribution is -2.49. The second-order valence-corrected chi connectivity index (χ2v) is 9.80. The Balaban J connectivity index is 1.42. The summed E-state index contributed by atoms with van der Waals surface area (Å²) in [5.74, 6) is -1.03. The van der Waals surface area contributed by atoms with Gasteiger partial charge in [0.15, 0.2) is 0 Å². The number of carbonyl (C=O) groups is 1. The fourth-order valence-corrected chi connectivity index (χ4v) is 5.27. The van der Waals surface area contributed by atoms with Crippen molar-refractivity contribution in [2.75, 3.05) is 65.6 Å². The zero-order chi connectivity index (χ0) is 25.1. The molecule has 0 spiro atoms. The molecule has 0 atom stereocenters. The Morgan fingerprint density at radius 3 is 2.06 bits per heavy atom. The van der Waals surface area contributed by atoms with E-state index in [1.807, 2.05) is 0 Å². The summed E-state index contributed by atoms with van der Waals surface area (Å²) >= 11 is 6.10. The lowest BCUT2D eigenvalue weighted by molar-refractivity contribution is 0.0296. The molecule has 0 saturated carbocycles. The van der Waals surface area contributed by atoms with Crippen LogP contribution in [0.2, 0.25) is 5.02 Å². The zero-order valence-electron chi connectivity index (χ0n) is 20.2. The first-order valence-electron chi connectivity index (χ1n) is 12.4. The predicted molar refractivity (Wildman–Crippen MR) is 140 cm³/mol. The van der Waals surface area contributed by atoms with Crippen LogP contribution >= 0.6 is 11.6 Å². The summed E-state index contributed by atoms with van der Waals surface area (Å²) in [4.78, 5) is 33.3. The molecule has 0 bridgehead atoms. The number of pyridine rings is 1. The fourth-order valence-electron chi connectivity index (χ4n) is 5.14. The van der Waals surface area contributed by atoms with Gasteiger partial charge >= 0.3 is 5.97 Å². The van der Waals surface area contributed by atoms with E-state index in [1.165, 1.54) is 0 Å². The number of rotatable bonds is 7. The maximum Gasteiger partial charge on any atom is 0.338 e. The van der Waals surface area contributed by atoms with E-state index in [0.717, 1.165) is 65.6 Å². The molecular formula is C27H31ClN4O4. The minimum absolute atomic E-state index is 0.176. The van der Waals surface area contributed by atoms with Crippen LogP contribution in [-0.4, -0.2) is 95.9 Å².